The second-order valence-corrected chi connectivity index (χ2v) is 7.93. The maximum Gasteiger partial charge on any atom is 0.333 e. The third-order valence-electron chi connectivity index (χ3n) is 5.37. The van der Waals surface area contributed by atoms with Crippen molar-refractivity contribution in [3.8, 4) is 5.75 Å². The standard InChI is InChI=1S/C27H32O3/c1-21(2)27(28)30-18-10-4-9-17-29-26-16-15-25-19-23(22-11-5-3-6-12-22)13-7-8-14-24(25)20-26/h3,5-6,11-12,15-16,19-20H,1,4,7-10,13-14,17-18H2,2H3/b23-19+. The van der Waals surface area contributed by atoms with E-state index in [0.29, 0.717) is 18.8 Å². The zero-order chi connectivity index (χ0) is 21.2. The second kappa shape index (κ2) is 11.4. The molecule has 0 heterocycles. The molecule has 0 amide bonds. The van der Waals surface area contributed by atoms with Crippen LogP contribution in [0.15, 0.2) is 60.7 Å². The minimum atomic E-state index is -0.309. The molecule has 1 aliphatic rings. The normalized spacial score (nSPS) is 15.2. The molecule has 0 fully saturated rings. The molecule has 2 aromatic rings. The van der Waals surface area contributed by atoms with Crippen LogP contribution in [-0.4, -0.2) is 19.2 Å². The fourth-order valence-electron chi connectivity index (χ4n) is 3.66. The van der Waals surface area contributed by atoms with E-state index in [1.54, 1.807) is 6.92 Å². The highest BCUT2D eigenvalue weighted by Crippen LogP contribution is 2.30. The van der Waals surface area contributed by atoms with Crippen LogP contribution in [0.5, 0.6) is 5.75 Å². The van der Waals surface area contributed by atoms with E-state index in [-0.39, 0.29) is 5.97 Å². The first-order valence-corrected chi connectivity index (χ1v) is 11.0. The first-order chi connectivity index (χ1) is 14.6. The molecule has 1 aliphatic carbocycles. The van der Waals surface area contributed by atoms with E-state index in [9.17, 15) is 4.79 Å². The molecular weight excluding hydrogens is 372 g/mol. The van der Waals surface area contributed by atoms with E-state index in [0.717, 1.165) is 37.9 Å². The van der Waals surface area contributed by atoms with Crippen molar-refractivity contribution in [2.75, 3.05) is 13.2 Å². The second-order valence-electron chi connectivity index (χ2n) is 7.93. The molecule has 3 nitrogen and oxygen atoms in total. The van der Waals surface area contributed by atoms with Crippen molar-refractivity contribution in [1.29, 1.82) is 0 Å². The van der Waals surface area contributed by atoms with Gasteiger partial charge >= 0.3 is 5.97 Å². The maximum absolute atomic E-state index is 11.3. The van der Waals surface area contributed by atoms with Crippen LogP contribution in [0.1, 0.15) is 62.1 Å². The molecule has 0 radical (unpaired) electrons. The molecule has 0 bridgehead atoms. The molecule has 158 valence electrons. The summed E-state index contributed by atoms with van der Waals surface area (Å²) in [6.07, 6.45) is 9.74. The number of hydrogen-bond acceptors (Lipinski definition) is 3. The monoisotopic (exact) mass is 404 g/mol. The van der Waals surface area contributed by atoms with Crippen LogP contribution in [0, 0.1) is 0 Å². The molecule has 0 saturated heterocycles. The fraction of sp³-hybridized carbons (Fsp3) is 0.370. The van der Waals surface area contributed by atoms with Crippen LogP contribution in [0.2, 0.25) is 0 Å². The van der Waals surface area contributed by atoms with Crippen molar-refractivity contribution >= 4 is 17.6 Å². The molecule has 30 heavy (non-hydrogen) atoms. The van der Waals surface area contributed by atoms with Crippen LogP contribution in [0.3, 0.4) is 0 Å². The Balaban J connectivity index is 1.51. The van der Waals surface area contributed by atoms with Crippen LogP contribution in [-0.2, 0) is 16.0 Å². The average Bonchev–Trinajstić information content (AvgIpc) is 2.74. The first-order valence-electron chi connectivity index (χ1n) is 11.0. The van der Waals surface area contributed by atoms with Gasteiger partial charge in [0.15, 0.2) is 0 Å². The zero-order valence-corrected chi connectivity index (χ0v) is 18.0. The van der Waals surface area contributed by atoms with E-state index >= 15 is 0 Å². The number of fused-ring (bicyclic) bond motifs is 1. The van der Waals surface area contributed by atoms with Crippen LogP contribution in [0.25, 0.3) is 11.6 Å². The lowest BCUT2D eigenvalue weighted by Gasteiger charge is -2.16. The van der Waals surface area contributed by atoms with Crippen molar-refractivity contribution < 1.29 is 14.3 Å². The highest BCUT2D eigenvalue weighted by molar-refractivity contribution is 5.86. The Labute approximate surface area is 180 Å². The Morgan fingerprint density at radius 3 is 2.53 bits per heavy atom. The number of carbonyl (C=O) groups excluding carboxylic acids is 1. The van der Waals surface area contributed by atoms with Gasteiger partial charge in [-0.1, -0.05) is 49.1 Å². The number of ether oxygens (including phenoxy) is 2. The van der Waals surface area contributed by atoms with Crippen LogP contribution in [0.4, 0.5) is 0 Å². The summed E-state index contributed by atoms with van der Waals surface area (Å²) in [5.41, 5.74) is 5.85. The van der Waals surface area contributed by atoms with Crippen molar-refractivity contribution in [1.82, 2.24) is 0 Å². The molecule has 0 unspecified atom stereocenters. The summed E-state index contributed by atoms with van der Waals surface area (Å²) >= 11 is 0. The highest BCUT2D eigenvalue weighted by atomic mass is 16.5. The number of esters is 1. The van der Waals surface area contributed by atoms with Crippen LogP contribution >= 0.6 is 0 Å². The third-order valence-corrected chi connectivity index (χ3v) is 5.37. The van der Waals surface area contributed by atoms with Crippen molar-refractivity contribution in [3.63, 3.8) is 0 Å². The van der Waals surface area contributed by atoms with Crippen molar-refractivity contribution in [3.05, 3.63) is 77.4 Å². The number of carbonyl (C=O) groups is 1. The molecular formula is C27H32O3. The summed E-state index contributed by atoms with van der Waals surface area (Å²) < 4.78 is 11.1. The number of benzene rings is 2. The van der Waals surface area contributed by atoms with Crippen molar-refractivity contribution in [2.24, 2.45) is 0 Å². The lowest BCUT2D eigenvalue weighted by Crippen LogP contribution is -2.06. The average molecular weight is 405 g/mol. The van der Waals surface area contributed by atoms with Gasteiger partial charge in [0.05, 0.1) is 13.2 Å². The molecule has 0 saturated carbocycles. The van der Waals surface area contributed by atoms with Gasteiger partial charge in [-0.25, -0.2) is 4.79 Å². The zero-order valence-electron chi connectivity index (χ0n) is 18.0. The summed E-state index contributed by atoms with van der Waals surface area (Å²) in [5.74, 6) is 0.634. The molecule has 2 aromatic carbocycles. The predicted molar refractivity (Wildman–Crippen MR) is 123 cm³/mol. The van der Waals surface area contributed by atoms with E-state index in [4.69, 9.17) is 9.47 Å². The Morgan fingerprint density at radius 2 is 1.73 bits per heavy atom. The quantitative estimate of drug-likeness (QED) is 0.268. The summed E-state index contributed by atoms with van der Waals surface area (Å²) in [6.45, 7) is 6.37. The SMILES string of the molecule is C=C(C)C(=O)OCCCCCOc1ccc2c(c1)CCCC/C(c1ccccc1)=C\2. The number of aryl methyl sites for hydroxylation is 1. The largest absolute Gasteiger partial charge is 0.494 e. The van der Waals surface area contributed by atoms with Gasteiger partial charge in [0.2, 0.25) is 0 Å². The molecule has 0 spiro atoms. The molecule has 3 rings (SSSR count). The molecule has 0 N–H and O–H groups in total. The Hall–Kier alpha value is -2.81. The smallest absolute Gasteiger partial charge is 0.333 e. The number of hydrogen-bond donors (Lipinski definition) is 0. The van der Waals surface area contributed by atoms with Gasteiger partial charge in [-0.05, 0) is 86.3 Å². The van der Waals surface area contributed by atoms with Gasteiger partial charge < -0.3 is 9.47 Å². The summed E-state index contributed by atoms with van der Waals surface area (Å²) in [4.78, 5) is 11.3. The topological polar surface area (TPSA) is 35.5 Å². The van der Waals surface area contributed by atoms with Gasteiger partial charge in [0.25, 0.3) is 0 Å². The molecule has 3 heteroatoms. The molecule has 0 aromatic heterocycles. The van der Waals surface area contributed by atoms with Crippen LogP contribution < -0.4 is 4.74 Å². The van der Waals surface area contributed by atoms with E-state index < -0.39 is 0 Å². The summed E-state index contributed by atoms with van der Waals surface area (Å²) in [5, 5.41) is 0. The van der Waals surface area contributed by atoms with E-state index in [2.05, 4.69) is 61.2 Å². The van der Waals surface area contributed by atoms with Gasteiger partial charge in [0.1, 0.15) is 5.75 Å². The highest BCUT2D eigenvalue weighted by Gasteiger charge is 2.10. The number of rotatable bonds is 9. The van der Waals surface area contributed by atoms with Gasteiger partial charge in [0, 0.05) is 5.57 Å². The maximum atomic E-state index is 11.3. The van der Waals surface area contributed by atoms with Gasteiger partial charge in [-0.3, -0.25) is 0 Å². The number of allylic oxidation sites excluding steroid dienone is 1. The third kappa shape index (κ3) is 6.62. The first kappa shape index (κ1) is 21.9. The van der Waals surface area contributed by atoms with Gasteiger partial charge in [-0.2, -0.15) is 0 Å². The Bertz CT molecular complexity index is 880. The Kier molecular flexibility index (Phi) is 8.31. The lowest BCUT2D eigenvalue weighted by molar-refractivity contribution is -0.139. The van der Waals surface area contributed by atoms with E-state index in [1.807, 2.05) is 0 Å². The van der Waals surface area contributed by atoms with E-state index in [1.165, 1.54) is 35.1 Å². The van der Waals surface area contributed by atoms with Gasteiger partial charge in [-0.15, -0.1) is 0 Å². The summed E-state index contributed by atoms with van der Waals surface area (Å²) in [6, 6.07) is 17.2. The number of unbranched alkanes of at least 4 members (excludes halogenated alkanes) is 2. The molecule has 0 aliphatic heterocycles. The molecule has 0 atom stereocenters. The summed E-state index contributed by atoms with van der Waals surface area (Å²) in [7, 11) is 0. The Morgan fingerprint density at radius 1 is 0.967 bits per heavy atom. The minimum Gasteiger partial charge on any atom is -0.494 e. The lowest BCUT2D eigenvalue weighted by atomic mass is 9.91. The fourth-order valence-corrected chi connectivity index (χ4v) is 3.66. The predicted octanol–water partition coefficient (Wildman–Crippen LogP) is 6.62. The van der Waals surface area contributed by atoms with Crippen molar-refractivity contribution in [2.45, 2.75) is 51.9 Å². The minimum absolute atomic E-state index is 0.309.